The Labute approximate surface area is 391 Å². The van der Waals surface area contributed by atoms with Crippen molar-refractivity contribution in [2.45, 2.75) is 5.41 Å². The van der Waals surface area contributed by atoms with Crippen LogP contribution in [0.15, 0.2) is 255 Å². The molecule has 312 valence electrons. The van der Waals surface area contributed by atoms with Gasteiger partial charge in [0, 0.05) is 16.7 Å². The molecule has 2 nitrogen and oxygen atoms in total. The lowest BCUT2D eigenvalue weighted by Crippen LogP contribution is -2.29. The zero-order valence-corrected chi connectivity index (χ0v) is 36.6. The molecule has 0 bridgehead atoms. The summed E-state index contributed by atoms with van der Waals surface area (Å²) >= 11 is 0. The lowest BCUT2D eigenvalue weighted by Gasteiger charge is -2.35. The van der Waals surface area contributed by atoms with Crippen LogP contribution in [0.1, 0.15) is 22.3 Å². The van der Waals surface area contributed by atoms with E-state index < -0.39 is 5.41 Å². The van der Waals surface area contributed by atoms with Gasteiger partial charge in [-0.3, -0.25) is 0 Å². The molecule has 0 unspecified atom stereocenters. The summed E-state index contributed by atoms with van der Waals surface area (Å²) in [5, 5.41) is 0. The van der Waals surface area contributed by atoms with Crippen LogP contribution in [0, 0.1) is 0 Å². The molecule has 0 aliphatic heterocycles. The van der Waals surface area contributed by atoms with Crippen LogP contribution in [0.5, 0.6) is 0 Å². The monoisotopic (exact) mass is 850 g/mol. The molecule has 10 aromatic carbocycles. The number of nitrogens with zero attached hydrogens (tertiary/aromatic N) is 2. The van der Waals surface area contributed by atoms with Crippen LogP contribution in [0.3, 0.4) is 0 Å². The van der Waals surface area contributed by atoms with Crippen LogP contribution in [-0.2, 0) is 5.41 Å². The Morgan fingerprint density at radius 2 is 0.597 bits per heavy atom. The number of benzene rings is 10. The summed E-state index contributed by atoms with van der Waals surface area (Å²) in [7, 11) is 0. The van der Waals surface area contributed by atoms with Crippen molar-refractivity contribution >= 4 is 0 Å². The summed E-state index contributed by atoms with van der Waals surface area (Å²) < 4.78 is 0. The minimum atomic E-state index is -0.557. The molecule has 13 rings (SSSR count). The second-order valence-corrected chi connectivity index (χ2v) is 17.6. The maximum Gasteiger partial charge on any atom is 0.160 e. The summed E-state index contributed by atoms with van der Waals surface area (Å²) in [6.45, 7) is 0. The quantitative estimate of drug-likeness (QED) is 0.167. The standard InChI is InChI=1S/C65H42N2/c1-4-20-43(21-5-1)47-38-48(44-22-6-2-7-23-44)40-49(39-47)64-66-62(42-63(67-64)56-32-13-10-26-50(56)45-24-8-3-9-25-45)46-36-37-61-57(41-46)52-28-12-11-27-51(52)53-29-14-17-33-58(53)65(61)59-34-18-15-30-54(59)55-31-16-19-35-60(55)65/h1-42H. The molecule has 67 heavy (non-hydrogen) atoms. The summed E-state index contributed by atoms with van der Waals surface area (Å²) in [6.07, 6.45) is 0. The molecule has 2 aliphatic carbocycles. The molecule has 2 heteroatoms. The maximum absolute atomic E-state index is 5.59. The van der Waals surface area contributed by atoms with Crippen molar-refractivity contribution in [3.8, 4) is 101 Å². The second-order valence-electron chi connectivity index (χ2n) is 17.6. The van der Waals surface area contributed by atoms with Crippen molar-refractivity contribution in [2.24, 2.45) is 0 Å². The Balaban J connectivity index is 1.09. The normalized spacial score (nSPS) is 12.6. The highest BCUT2D eigenvalue weighted by molar-refractivity contribution is 5.98. The molecule has 0 amide bonds. The molecule has 1 heterocycles. The fourth-order valence-electron chi connectivity index (χ4n) is 11.0. The summed E-state index contributed by atoms with van der Waals surface area (Å²) in [5.74, 6) is 0.670. The van der Waals surface area contributed by atoms with Gasteiger partial charge in [-0.15, -0.1) is 0 Å². The largest absolute Gasteiger partial charge is 0.228 e. The first-order valence-electron chi connectivity index (χ1n) is 23.1. The first kappa shape index (κ1) is 38.7. The molecule has 0 saturated heterocycles. The Hall–Kier alpha value is -8.72. The average Bonchev–Trinajstić information content (AvgIpc) is 3.66. The third-order valence-corrected chi connectivity index (χ3v) is 13.9. The van der Waals surface area contributed by atoms with Crippen molar-refractivity contribution in [3.63, 3.8) is 0 Å². The van der Waals surface area contributed by atoms with E-state index in [1.165, 1.54) is 55.6 Å². The smallest absolute Gasteiger partial charge is 0.160 e. The van der Waals surface area contributed by atoms with Crippen molar-refractivity contribution in [1.82, 2.24) is 9.97 Å². The number of fused-ring (bicyclic) bond motifs is 12. The third kappa shape index (κ3) is 6.26. The van der Waals surface area contributed by atoms with Gasteiger partial charge in [-0.1, -0.05) is 224 Å². The highest BCUT2D eigenvalue weighted by atomic mass is 14.9. The van der Waals surface area contributed by atoms with Crippen LogP contribution < -0.4 is 0 Å². The first-order valence-corrected chi connectivity index (χ1v) is 23.1. The van der Waals surface area contributed by atoms with Crippen LogP contribution >= 0.6 is 0 Å². The van der Waals surface area contributed by atoms with Gasteiger partial charge in [0.25, 0.3) is 0 Å². The molecule has 11 aromatic rings. The van der Waals surface area contributed by atoms with E-state index in [-0.39, 0.29) is 0 Å². The minimum Gasteiger partial charge on any atom is -0.228 e. The van der Waals surface area contributed by atoms with Crippen molar-refractivity contribution < 1.29 is 0 Å². The van der Waals surface area contributed by atoms with Crippen LogP contribution in [0.4, 0.5) is 0 Å². The van der Waals surface area contributed by atoms with Gasteiger partial charge < -0.3 is 0 Å². The van der Waals surface area contributed by atoms with Crippen LogP contribution in [0.25, 0.3) is 101 Å². The zero-order chi connectivity index (χ0) is 44.3. The Morgan fingerprint density at radius 3 is 1.15 bits per heavy atom. The van der Waals surface area contributed by atoms with Gasteiger partial charge in [0.1, 0.15) is 0 Å². The molecule has 0 N–H and O–H groups in total. The lowest BCUT2D eigenvalue weighted by atomic mass is 9.66. The highest BCUT2D eigenvalue weighted by Crippen LogP contribution is 2.61. The highest BCUT2D eigenvalue weighted by Gasteiger charge is 2.49. The molecular weight excluding hydrogens is 809 g/mol. The van der Waals surface area contributed by atoms with Crippen molar-refractivity contribution in [3.05, 3.63) is 277 Å². The Bertz CT molecular complexity index is 3580. The third-order valence-electron chi connectivity index (χ3n) is 13.9. The van der Waals surface area contributed by atoms with E-state index in [0.29, 0.717) is 5.82 Å². The molecule has 0 fully saturated rings. The number of hydrogen-bond donors (Lipinski definition) is 0. The van der Waals surface area contributed by atoms with Gasteiger partial charge in [-0.2, -0.15) is 0 Å². The minimum absolute atomic E-state index is 0.557. The zero-order valence-electron chi connectivity index (χ0n) is 36.6. The summed E-state index contributed by atoms with van der Waals surface area (Å²) in [5.41, 5.74) is 23.6. The molecule has 0 atom stereocenters. The van der Waals surface area contributed by atoms with Crippen molar-refractivity contribution in [1.29, 1.82) is 0 Å². The molecule has 1 spiro atoms. The topological polar surface area (TPSA) is 25.8 Å². The van der Waals surface area contributed by atoms with Gasteiger partial charge >= 0.3 is 0 Å². The van der Waals surface area contributed by atoms with Gasteiger partial charge in [0.2, 0.25) is 0 Å². The molecule has 0 radical (unpaired) electrons. The van der Waals surface area contributed by atoms with E-state index >= 15 is 0 Å². The van der Waals surface area contributed by atoms with E-state index in [4.69, 9.17) is 9.97 Å². The molecule has 0 saturated carbocycles. The van der Waals surface area contributed by atoms with E-state index in [9.17, 15) is 0 Å². The van der Waals surface area contributed by atoms with E-state index in [2.05, 4.69) is 255 Å². The molecular formula is C65H42N2. The maximum atomic E-state index is 5.59. The van der Waals surface area contributed by atoms with Crippen LogP contribution in [0.2, 0.25) is 0 Å². The summed E-state index contributed by atoms with van der Waals surface area (Å²) in [4.78, 5) is 11.1. The second kappa shape index (κ2) is 15.8. The van der Waals surface area contributed by atoms with E-state index in [0.717, 1.165) is 61.5 Å². The van der Waals surface area contributed by atoms with Crippen molar-refractivity contribution in [2.75, 3.05) is 0 Å². The first-order chi connectivity index (χ1) is 33.2. The fraction of sp³-hybridized carbons (Fsp3) is 0.0154. The van der Waals surface area contributed by atoms with Gasteiger partial charge in [-0.25, -0.2) is 9.97 Å². The number of hydrogen-bond acceptors (Lipinski definition) is 2. The van der Waals surface area contributed by atoms with Gasteiger partial charge in [-0.05, 0) is 119 Å². The summed E-state index contributed by atoms with van der Waals surface area (Å²) in [6, 6.07) is 92.6. The SMILES string of the molecule is c1ccc(-c2cc(-c3ccccc3)cc(-c3nc(-c4ccc5c(c4)-c4ccccc4-c4ccccc4C54c5ccccc5-c5ccccc54)cc(-c4ccccc4-c4ccccc4)n3)c2)cc1. The fourth-order valence-corrected chi connectivity index (χ4v) is 11.0. The predicted octanol–water partition coefficient (Wildman–Crippen LogP) is 16.5. The molecule has 2 aliphatic rings. The van der Waals surface area contributed by atoms with Gasteiger partial charge in [0.15, 0.2) is 5.82 Å². The molecule has 1 aromatic heterocycles. The lowest BCUT2D eigenvalue weighted by molar-refractivity contribution is 0.775. The predicted molar refractivity (Wildman–Crippen MR) is 276 cm³/mol. The number of aromatic nitrogens is 2. The Morgan fingerprint density at radius 1 is 0.209 bits per heavy atom. The van der Waals surface area contributed by atoms with Gasteiger partial charge in [0.05, 0.1) is 16.8 Å². The Kier molecular flexibility index (Phi) is 9.11. The number of rotatable bonds is 6. The average molecular weight is 851 g/mol. The van der Waals surface area contributed by atoms with Crippen LogP contribution in [-0.4, -0.2) is 9.97 Å². The van der Waals surface area contributed by atoms with E-state index in [1.807, 2.05) is 0 Å². The van der Waals surface area contributed by atoms with E-state index in [1.54, 1.807) is 0 Å².